The molecular weight excluding hydrogens is 314 g/mol. The highest BCUT2D eigenvalue weighted by molar-refractivity contribution is 5.77. The Morgan fingerprint density at radius 3 is 2.64 bits per heavy atom. The first-order valence-electron chi connectivity index (χ1n) is 8.24. The van der Waals surface area contributed by atoms with Gasteiger partial charge in [-0.2, -0.15) is 4.68 Å². The van der Waals surface area contributed by atoms with Crippen LogP contribution in [0.15, 0.2) is 65.1 Å². The van der Waals surface area contributed by atoms with Gasteiger partial charge in [-0.3, -0.25) is 4.90 Å². The molecule has 0 fully saturated rings. The van der Waals surface area contributed by atoms with Gasteiger partial charge in [0, 0.05) is 5.39 Å². The van der Waals surface area contributed by atoms with Gasteiger partial charge in [-0.1, -0.05) is 36.4 Å². The van der Waals surface area contributed by atoms with Gasteiger partial charge in [0.15, 0.2) is 5.82 Å². The van der Waals surface area contributed by atoms with Crippen LogP contribution in [0.2, 0.25) is 0 Å². The summed E-state index contributed by atoms with van der Waals surface area (Å²) in [5, 5.41) is 13.2. The van der Waals surface area contributed by atoms with Gasteiger partial charge in [-0.05, 0) is 48.7 Å². The van der Waals surface area contributed by atoms with E-state index < -0.39 is 0 Å². The summed E-state index contributed by atoms with van der Waals surface area (Å²) in [5.41, 5.74) is 1.86. The fraction of sp³-hybridized carbons (Fsp3) is 0.211. The quantitative estimate of drug-likeness (QED) is 0.558. The Bertz CT molecular complexity index is 943. The van der Waals surface area contributed by atoms with Gasteiger partial charge in [0.25, 0.3) is 0 Å². The van der Waals surface area contributed by atoms with E-state index in [-0.39, 0.29) is 6.04 Å². The second-order valence-corrected chi connectivity index (χ2v) is 6.12. The van der Waals surface area contributed by atoms with Crippen LogP contribution in [0.1, 0.15) is 24.6 Å². The van der Waals surface area contributed by atoms with Gasteiger partial charge in [0.2, 0.25) is 0 Å². The SMILES string of the molecule is CC(c1cc2ccccc2o1)N(C)Cc1nnnn1-c1ccccc1. The van der Waals surface area contributed by atoms with Crippen molar-refractivity contribution >= 4 is 11.0 Å². The molecule has 0 aliphatic rings. The fourth-order valence-electron chi connectivity index (χ4n) is 2.86. The Kier molecular flexibility index (Phi) is 4.03. The average Bonchev–Trinajstić information content (AvgIpc) is 3.28. The van der Waals surface area contributed by atoms with Crippen molar-refractivity contribution in [3.05, 3.63) is 72.2 Å². The summed E-state index contributed by atoms with van der Waals surface area (Å²) in [5.74, 6) is 1.72. The summed E-state index contributed by atoms with van der Waals surface area (Å²) in [7, 11) is 2.04. The number of furan rings is 1. The Labute approximate surface area is 145 Å². The van der Waals surface area contributed by atoms with Crippen LogP contribution in [0.3, 0.4) is 0 Å². The minimum atomic E-state index is 0.105. The Balaban J connectivity index is 1.56. The molecule has 0 spiro atoms. The molecule has 126 valence electrons. The molecule has 0 aliphatic carbocycles. The molecule has 0 saturated carbocycles. The molecule has 6 nitrogen and oxygen atoms in total. The van der Waals surface area contributed by atoms with Gasteiger partial charge in [0.05, 0.1) is 18.3 Å². The van der Waals surface area contributed by atoms with Crippen molar-refractivity contribution in [1.82, 2.24) is 25.1 Å². The van der Waals surface area contributed by atoms with Crippen LogP contribution in [0.25, 0.3) is 16.7 Å². The summed E-state index contributed by atoms with van der Waals surface area (Å²) >= 11 is 0. The summed E-state index contributed by atoms with van der Waals surface area (Å²) in [6.07, 6.45) is 0. The van der Waals surface area contributed by atoms with E-state index in [1.54, 1.807) is 4.68 Å². The van der Waals surface area contributed by atoms with Crippen molar-refractivity contribution in [3.8, 4) is 5.69 Å². The van der Waals surface area contributed by atoms with E-state index in [1.165, 1.54) is 0 Å². The van der Waals surface area contributed by atoms with Crippen molar-refractivity contribution < 1.29 is 4.42 Å². The van der Waals surface area contributed by atoms with Crippen molar-refractivity contribution in [2.75, 3.05) is 7.05 Å². The van der Waals surface area contributed by atoms with Crippen LogP contribution in [0.4, 0.5) is 0 Å². The van der Waals surface area contributed by atoms with Gasteiger partial charge < -0.3 is 4.42 Å². The van der Waals surface area contributed by atoms with Gasteiger partial charge >= 0.3 is 0 Å². The van der Waals surface area contributed by atoms with Crippen LogP contribution in [-0.2, 0) is 6.54 Å². The van der Waals surface area contributed by atoms with E-state index in [1.807, 2.05) is 55.6 Å². The lowest BCUT2D eigenvalue weighted by Gasteiger charge is -2.22. The number of benzene rings is 2. The van der Waals surface area contributed by atoms with Crippen LogP contribution in [0, 0.1) is 0 Å². The smallest absolute Gasteiger partial charge is 0.170 e. The minimum absolute atomic E-state index is 0.105. The molecule has 0 bridgehead atoms. The van der Waals surface area contributed by atoms with E-state index in [2.05, 4.69) is 39.5 Å². The highest BCUT2D eigenvalue weighted by atomic mass is 16.3. The molecule has 2 heterocycles. The monoisotopic (exact) mass is 333 g/mol. The number of fused-ring (bicyclic) bond motifs is 1. The van der Waals surface area contributed by atoms with Crippen molar-refractivity contribution in [2.45, 2.75) is 19.5 Å². The topological polar surface area (TPSA) is 60.0 Å². The number of tetrazole rings is 1. The first-order valence-corrected chi connectivity index (χ1v) is 8.24. The van der Waals surface area contributed by atoms with E-state index >= 15 is 0 Å². The van der Waals surface area contributed by atoms with Gasteiger partial charge in [0.1, 0.15) is 11.3 Å². The lowest BCUT2D eigenvalue weighted by Crippen LogP contribution is -2.23. The first-order chi connectivity index (χ1) is 12.2. The lowest BCUT2D eigenvalue weighted by molar-refractivity contribution is 0.219. The van der Waals surface area contributed by atoms with Crippen LogP contribution in [-0.4, -0.2) is 32.2 Å². The van der Waals surface area contributed by atoms with Crippen molar-refractivity contribution in [1.29, 1.82) is 0 Å². The zero-order valence-corrected chi connectivity index (χ0v) is 14.2. The number of nitrogens with zero attached hydrogens (tertiary/aromatic N) is 5. The number of rotatable bonds is 5. The molecule has 6 heteroatoms. The fourth-order valence-corrected chi connectivity index (χ4v) is 2.86. The van der Waals surface area contributed by atoms with Crippen LogP contribution >= 0.6 is 0 Å². The summed E-state index contributed by atoms with van der Waals surface area (Å²) in [6.45, 7) is 2.73. The third kappa shape index (κ3) is 3.04. The highest BCUT2D eigenvalue weighted by Gasteiger charge is 2.19. The second-order valence-electron chi connectivity index (χ2n) is 6.12. The summed E-state index contributed by atoms with van der Waals surface area (Å²) < 4.78 is 7.75. The molecule has 1 unspecified atom stereocenters. The maximum Gasteiger partial charge on any atom is 0.170 e. The Morgan fingerprint density at radius 1 is 1.08 bits per heavy atom. The van der Waals surface area contributed by atoms with Crippen LogP contribution in [0.5, 0.6) is 0 Å². The van der Waals surface area contributed by atoms with Crippen molar-refractivity contribution in [3.63, 3.8) is 0 Å². The van der Waals surface area contributed by atoms with E-state index in [0.717, 1.165) is 28.2 Å². The molecule has 0 N–H and O–H groups in total. The molecule has 25 heavy (non-hydrogen) atoms. The van der Waals surface area contributed by atoms with Crippen molar-refractivity contribution in [2.24, 2.45) is 0 Å². The molecule has 4 rings (SSSR count). The van der Waals surface area contributed by atoms with Gasteiger partial charge in [-0.15, -0.1) is 5.10 Å². The molecule has 0 amide bonds. The zero-order valence-electron chi connectivity index (χ0n) is 14.2. The summed E-state index contributed by atoms with van der Waals surface area (Å²) in [6, 6.07) is 20.1. The molecule has 0 saturated heterocycles. The largest absolute Gasteiger partial charge is 0.459 e. The lowest BCUT2D eigenvalue weighted by atomic mass is 10.2. The third-order valence-electron chi connectivity index (χ3n) is 4.44. The van der Waals surface area contributed by atoms with Gasteiger partial charge in [-0.25, -0.2) is 0 Å². The number of aromatic nitrogens is 4. The predicted octanol–water partition coefficient (Wildman–Crippen LogP) is 3.60. The number of para-hydroxylation sites is 2. The van der Waals surface area contributed by atoms with E-state index in [9.17, 15) is 0 Å². The minimum Gasteiger partial charge on any atom is -0.459 e. The summed E-state index contributed by atoms with van der Waals surface area (Å²) in [4.78, 5) is 2.17. The molecule has 2 aromatic heterocycles. The molecule has 4 aromatic rings. The number of hydrogen-bond donors (Lipinski definition) is 0. The number of hydrogen-bond acceptors (Lipinski definition) is 5. The Morgan fingerprint density at radius 2 is 1.84 bits per heavy atom. The molecule has 2 aromatic carbocycles. The second kappa shape index (κ2) is 6.49. The molecule has 0 aliphatic heterocycles. The predicted molar refractivity (Wildman–Crippen MR) is 95.3 cm³/mol. The molecule has 1 atom stereocenters. The molecule has 0 radical (unpaired) electrons. The zero-order chi connectivity index (χ0) is 17.2. The molecular formula is C19H19N5O. The maximum atomic E-state index is 5.98. The van der Waals surface area contributed by atoms with Crippen LogP contribution < -0.4 is 0 Å². The standard InChI is InChI=1S/C19H19N5O/c1-14(18-12-15-8-6-7-11-17(15)25-18)23(2)13-19-20-21-22-24(19)16-9-4-3-5-10-16/h3-12,14H,13H2,1-2H3. The highest BCUT2D eigenvalue weighted by Crippen LogP contribution is 2.27. The average molecular weight is 333 g/mol. The first kappa shape index (κ1) is 15.5. The van der Waals surface area contributed by atoms with E-state index in [0.29, 0.717) is 6.54 Å². The normalized spacial score (nSPS) is 12.8. The Hall–Kier alpha value is -2.99. The third-order valence-corrected chi connectivity index (χ3v) is 4.44. The maximum absolute atomic E-state index is 5.98. The van der Waals surface area contributed by atoms with E-state index in [4.69, 9.17) is 4.42 Å².